The molecule has 2 rings (SSSR count). The number of rotatable bonds is 6. The molecule has 0 atom stereocenters. The van der Waals surface area contributed by atoms with Crippen molar-refractivity contribution < 1.29 is 14.7 Å². The summed E-state index contributed by atoms with van der Waals surface area (Å²) in [6, 6.07) is 11.0. The molecule has 144 valence electrons. The number of amides is 1. The van der Waals surface area contributed by atoms with Crippen molar-refractivity contribution in [3.8, 4) is 6.07 Å². The van der Waals surface area contributed by atoms with Crippen molar-refractivity contribution in [1.82, 2.24) is 10.3 Å². The van der Waals surface area contributed by atoms with Crippen LogP contribution in [0.5, 0.6) is 0 Å². The third-order valence-corrected chi connectivity index (χ3v) is 4.43. The van der Waals surface area contributed by atoms with E-state index in [-0.39, 0.29) is 28.9 Å². The predicted molar refractivity (Wildman–Crippen MR) is 105 cm³/mol. The molecule has 0 saturated heterocycles. The minimum Gasteiger partial charge on any atom is -0.478 e. The number of benzene rings is 1. The maximum absolute atomic E-state index is 12.0. The number of carbonyl (C=O) groups excluding carboxylic acids is 1. The highest BCUT2D eigenvalue weighted by Gasteiger charge is 2.14. The molecule has 0 aliphatic heterocycles. The van der Waals surface area contributed by atoms with E-state index in [0.29, 0.717) is 16.9 Å². The molecule has 0 spiro atoms. The van der Waals surface area contributed by atoms with E-state index in [1.165, 1.54) is 30.5 Å². The van der Waals surface area contributed by atoms with Crippen molar-refractivity contribution in [3.05, 3.63) is 59.4 Å². The maximum Gasteiger partial charge on any atom is 0.335 e. The van der Waals surface area contributed by atoms with E-state index in [2.05, 4.69) is 15.4 Å². The summed E-state index contributed by atoms with van der Waals surface area (Å²) in [6.45, 7) is 0.212. The van der Waals surface area contributed by atoms with Gasteiger partial charge in [0.05, 0.1) is 34.8 Å². The molecule has 2 aromatic rings. The molecule has 0 aliphatic carbocycles. The summed E-state index contributed by atoms with van der Waals surface area (Å²) in [5.41, 5.74) is 1.63. The number of hydrazine groups is 1. The van der Waals surface area contributed by atoms with Gasteiger partial charge in [-0.2, -0.15) is 10.4 Å². The first-order valence-electron chi connectivity index (χ1n) is 7.85. The molecule has 0 unspecified atom stereocenters. The lowest BCUT2D eigenvalue weighted by molar-refractivity contribution is -0.118. The second kappa shape index (κ2) is 9.91. The fourth-order valence-corrected chi connectivity index (χ4v) is 2.69. The van der Waals surface area contributed by atoms with Crippen LogP contribution in [0.25, 0.3) is 0 Å². The second-order valence-electron chi connectivity index (χ2n) is 5.35. The maximum atomic E-state index is 12.0. The number of anilines is 1. The highest BCUT2D eigenvalue weighted by atomic mass is 32.2. The molecule has 1 aromatic carbocycles. The minimum atomic E-state index is -1.05. The normalized spacial score (nSPS) is 10.8. The van der Waals surface area contributed by atoms with Gasteiger partial charge in [0.25, 0.3) is 0 Å². The summed E-state index contributed by atoms with van der Waals surface area (Å²) >= 11 is 1.02. The monoisotopic (exact) mass is 399 g/mol. The molecular weight excluding hydrogens is 382 g/mol. The molecule has 11 heteroatoms. The number of carboxylic acid groups (broad SMARTS) is 1. The van der Waals surface area contributed by atoms with Crippen LogP contribution in [0.1, 0.15) is 21.6 Å². The van der Waals surface area contributed by atoms with Crippen LogP contribution in [0.4, 0.5) is 5.69 Å². The summed E-state index contributed by atoms with van der Waals surface area (Å²) in [7, 11) is 0. The molecule has 10 nitrogen and oxygen atoms in total. The zero-order chi connectivity index (χ0) is 20.5. The number of pyridine rings is 1. The number of carboxylic acids is 1. The van der Waals surface area contributed by atoms with Gasteiger partial charge in [-0.3, -0.25) is 14.8 Å². The summed E-state index contributed by atoms with van der Waals surface area (Å²) in [5.74, 6) is 9.96. The number of amidine groups is 1. The third-order valence-electron chi connectivity index (χ3n) is 3.46. The molecule has 1 aromatic heterocycles. The van der Waals surface area contributed by atoms with Crippen molar-refractivity contribution >= 4 is 34.5 Å². The first-order valence-corrected chi connectivity index (χ1v) is 8.83. The first kappa shape index (κ1) is 20.7. The van der Waals surface area contributed by atoms with Crippen LogP contribution in [0, 0.1) is 11.3 Å². The summed E-state index contributed by atoms with van der Waals surface area (Å²) in [4.78, 5) is 27.0. The molecule has 0 radical (unpaired) electrons. The zero-order valence-corrected chi connectivity index (χ0v) is 15.4. The Balaban J connectivity index is 1.87. The Bertz CT molecular complexity index is 908. The van der Waals surface area contributed by atoms with Crippen LogP contribution in [-0.4, -0.2) is 32.9 Å². The lowest BCUT2D eigenvalue weighted by atomic mass is 10.2. The van der Waals surface area contributed by atoms with Crippen molar-refractivity contribution in [1.29, 1.82) is 5.26 Å². The van der Waals surface area contributed by atoms with Gasteiger partial charge in [-0.25, -0.2) is 10.6 Å². The van der Waals surface area contributed by atoms with Gasteiger partial charge < -0.3 is 16.3 Å². The summed E-state index contributed by atoms with van der Waals surface area (Å²) in [6.07, 6.45) is 1.43. The number of hydrogen-bond acceptors (Lipinski definition) is 8. The van der Waals surface area contributed by atoms with E-state index in [9.17, 15) is 9.59 Å². The van der Waals surface area contributed by atoms with Gasteiger partial charge in [-0.15, -0.1) is 0 Å². The number of aromatic nitrogens is 1. The minimum absolute atomic E-state index is 0.00716. The molecule has 1 heterocycles. The molecule has 1 amide bonds. The SMILES string of the molecule is N#Cc1ccc(CNC(=O)CS/C(=N/N)N(N)c2ccc(C(=O)O)cc2)nc1. The summed E-state index contributed by atoms with van der Waals surface area (Å²) in [5, 5.41) is 25.2. The van der Waals surface area contributed by atoms with Gasteiger partial charge in [-0.05, 0) is 36.4 Å². The highest BCUT2D eigenvalue weighted by molar-refractivity contribution is 8.14. The van der Waals surface area contributed by atoms with Crippen molar-refractivity contribution in [2.75, 3.05) is 10.8 Å². The Labute approximate surface area is 164 Å². The van der Waals surface area contributed by atoms with Crippen molar-refractivity contribution in [2.24, 2.45) is 16.8 Å². The van der Waals surface area contributed by atoms with Gasteiger partial charge >= 0.3 is 5.97 Å². The number of nitriles is 1. The predicted octanol–water partition coefficient (Wildman–Crippen LogP) is 0.611. The van der Waals surface area contributed by atoms with Gasteiger partial charge in [0.15, 0.2) is 0 Å². The lowest BCUT2D eigenvalue weighted by Gasteiger charge is -2.19. The van der Waals surface area contributed by atoms with Crippen LogP contribution in [0.2, 0.25) is 0 Å². The number of aromatic carboxylic acids is 1. The van der Waals surface area contributed by atoms with Gasteiger partial charge in [0.1, 0.15) is 6.07 Å². The zero-order valence-electron chi connectivity index (χ0n) is 14.6. The Morgan fingerprint density at radius 2 is 2.00 bits per heavy atom. The van der Waals surface area contributed by atoms with Gasteiger partial charge in [-0.1, -0.05) is 11.8 Å². The molecule has 0 bridgehead atoms. The molecule has 0 aliphatic rings. The quantitative estimate of drug-likeness (QED) is 0.235. The Hall–Kier alpha value is -3.62. The fourth-order valence-electron chi connectivity index (χ4n) is 2.01. The van der Waals surface area contributed by atoms with E-state index in [1.54, 1.807) is 12.1 Å². The van der Waals surface area contributed by atoms with E-state index >= 15 is 0 Å². The smallest absolute Gasteiger partial charge is 0.335 e. The van der Waals surface area contributed by atoms with Crippen LogP contribution >= 0.6 is 11.8 Å². The second-order valence-corrected chi connectivity index (χ2v) is 6.29. The van der Waals surface area contributed by atoms with E-state index in [0.717, 1.165) is 16.8 Å². The van der Waals surface area contributed by atoms with Crippen molar-refractivity contribution in [2.45, 2.75) is 6.54 Å². The van der Waals surface area contributed by atoms with E-state index < -0.39 is 5.97 Å². The Morgan fingerprint density at radius 1 is 1.29 bits per heavy atom. The average Bonchev–Trinajstić information content (AvgIpc) is 2.72. The third kappa shape index (κ3) is 5.70. The van der Waals surface area contributed by atoms with Gasteiger partial charge in [0.2, 0.25) is 11.1 Å². The van der Waals surface area contributed by atoms with Crippen LogP contribution in [0.3, 0.4) is 0 Å². The largest absolute Gasteiger partial charge is 0.478 e. The number of hydrogen-bond donors (Lipinski definition) is 4. The molecule has 28 heavy (non-hydrogen) atoms. The Kier molecular flexibility index (Phi) is 7.32. The Morgan fingerprint density at radius 3 is 2.54 bits per heavy atom. The number of nitrogens with two attached hydrogens (primary N) is 2. The standard InChI is InChI=1S/C17H17N7O3S/c18-7-11-1-4-13(21-8-11)9-22-15(25)10-28-17(23-19)24(20)14-5-2-12(3-6-14)16(26)27/h1-6,8H,9-10,19-20H2,(H,22,25)(H,26,27)/b23-17+. The molecule has 6 N–H and O–H groups in total. The molecular formula is C17H17N7O3S. The van der Waals surface area contributed by atoms with Crippen LogP contribution in [0.15, 0.2) is 47.7 Å². The highest BCUT2D eigenvalue weighted by Crippen LogP contribution is 2.17. The van der Waals surface area contributed by atoms with Crippen LogP contribution < -0.4 is 22.0 Å². The number of nitrogens with one attached hydrogen (secondary N) is 1. The van der Waals surface area contributed by atoms with Crippen molar-refractivity contribution in [3.63, 3.8) is 0 Å². The van der Waals surface area contributed by atoms with Crippen LogP contribution in [-0.2, 0) is 11.3 Å². The average molecular weight is 399 g/mol. The lowest BCUT2D eigenvalue weighted by Crippen LogP contribution is -2.37. The number of nitrogens with zero attached hydrogens (tertiary/aromatic N) is 4. The van der Waals surface area contributed by atoms with E-state index in [4.69, 9.17) is 22.1 Å². The summed E-state index contributed by atoms with van der Waals surface area (Å²) < 4.78 is 0. The number of hydrazone groups is 1. The number of thioether (sulfide) groups is 1. The molecule has 0 saturated carbocycles. The van der Waals surface area contributed by atoms with Gasteiger partial charge in [0, 0.05) is 6.20 Å². The first-order chi connectivity index (χ1) is 13.4. The number of carbonyl (C=O) groups is 2. The fraction of sp³-hybridized carbons (Fsp3) is 0.118. The topological polar surface area (TPSA) is 171 Å². The molecule has 0 fully saturated rings. The van der Waals surface area contributed by atoms with E-state index in [1.807, 2.05) is 6.07 Å².